The summed E-state index contributed by atoms with van der Waals surface area (Å²) in [7, 11) is 0. The zero-order chi connectivity index (χ0) is 31.9. The molecule has 1 aliphatic heterocycles. The summed E-state index contributed by atoms with van der Waals surface area (Å²) >= 11 is 0. The molecule has 13 heteroatoms. The Labute approximate surface area is 269 Å². The van der Waals surface area contributed by atoms with Gasteiger partial charge in [-0.25, -0.2) is 18.6 Å². The van der Waals surface area contributed by atoms with Crippen LogP contribution in [-0.2, 0) is 27.4 Å². The predicted molar refractivity (Wildman–Crippen MR) is 173 cm³/mol. The molecule has 0 fully saturated rings. The molecule has 3 amide bonds. The van der Waals surface area contributed by atoms with Crippen molar-refractivity contribution < 1.29 is 27.9 Å². The minimum atomic E-state index is -1.16. The monoisotopic (exact) mass is 644 g/mol. The lowest BCUT2D eigenvalue weighted by molar-refractivity contribution is -0.137. The van der Waals surface area contributed by atoms with Crippen molar-refractivity contribution in [2.45, 2.75) is 78.1 Å². The molecular weight excluding hydrogens is 602 g/mol. The van der Waals surface area contributed by atoms with Crippen molar-refractivity contribution >= 4 is 42.9 Å². The van der Waals surface area contributed by atoms with Gasteiger partial charge >= 0.3 is 6.09 Å². The number of aromatic nitrogens is 2. The second kappa shape index (κ2) is 15.7. The van der Waals surface area contributed by atoms with Crippen molar-refractivity contribution in [3.63, 3.8) is 0 Å². The zero-order valence-electron chi connectivity index (χ0n) is 26.1. The Morgan fingerprint density at radius 3 is 2.42 bits per heavy atom. The summed E-state index contributed by atoms with van der Waals surface area (Å²) in [5, 5.41) is 8.69. The van der Waals surface area contributed by atoms with Crippen LogP contribution in [0, 0.1) is 11.6 Å². The Bertz CT molecular complexity index is 1480. The molecule has 10 nitrogen and oxygen atoms in total. The number of carbonyl (C=O) groups excluding carboxylic acids is 3. The van der Waals surface area contributed by atoms with Gasteiger partial charge in [-0.3, -0.25) is 9.59 Å². The number of alkyl carbamates (subject to hydrolysis) is 1. The fraction of sp³-hybridized carbons (Fsp3) is 0.438. The molecule has 4 rings (SSSR count). The molecule has 2 aromatic carbocycles. The number of amides is 3. The highest BCUT2D eigenvalue weighted by molar-refractivity contribution is 7.59. The van der Waals surface area contributed by atoms with Gasteiger partial charge in [0.1, 0.15) is 40.6 Å². The second-order valence-corrected chi connectivity index (χ2v) is 11.7. The van der Waals surface area contributed by atoms with E-state index < -0.39 is 29.5 Å². The summed E-state index contributed by atoms with van der Waals surface area (Å²) in [6.45, 7) is 8.34. The number of hydrogen-bond donors (Lipinski definition) is 3. The summed E-state index contributed by atoms with van der Waals surface area (Å²) in [6.07, 6.45) is 1.74. The normalized spacial score (nSPS) is 13.2. The number of fused-ring (bicyclic) bond motifs is 1. The largest absolute Gasteiger partial charge is 0.444 e. The molecule has 0 bridgehead atoms. The SMILES string of the molecule is CCCCCNC(=O)C[C@H](NC(=O)OC(C)(C)C)C(=O)N1CCn2c(nc(-c3cccc(F)c3)c2Nc2ccc(F)cc2)C1.S. The number of hydrogen-bond acceptors (Lipinski definition) is 6. The maximum atomic E-state index is 14.2. The summed E-state index contributed by atoms with van der Waals surface area (Å²) < 4.78 is 35.0. The van der Waals surface area contributed by atoms with Crippen LogP contribution in [0.5, 0.6) is 0 Å². The fourth-order valence-electron chi connectivity index (χ4n) is 4.88. The molecule has 0 radical (unpaired) electrons. The number of benzene rings is 2. The fourth-order valence-corrected chi connectivity index (χ4v) is 4.88. The standard InChI is InChI=1S/C32H40F2N6O4.H2S/c1-5-6-7-15-35-27(41)19-25(37-31(43)44-32(2,3)4)30(42)39-16-17-40-26(20-39)38-28(21-9-8-10-23(34)18-21)29(40)36-24-13-11-22(33)12-14-24;/h8-14,18,25,36H,5-7,15-17,19-20H2,1-4H3,(H,35,41)(H,37,43);1H2/t25-;/m0./s1. The molecule has 244 valence electrons. The lowest BCUT2D eigenvalue weighted by Crippen LogP contribution is -2.53. The number of carbonyl (C=O) groups is 3. The van der Waals surface area contributed by atoms with Gasteiger partial charge in [-0.2, -0.15) is 13.5 Å². The summed E-state index contributed by atoms with van der Waals surface area (Å²) in [5.74, 6) is -0.522. The van der Waals surface area contributed by atoms with Gasteiger partial charge in [0.25, 0.3) is 0 Å². The molecule has 3 N–H and O–H groups in total. The van der Waals surface area contributed by atoms with Crippen LogP contribution in [0.1, 0.15) is 59.2 Å². The highest BCUT2D eigenvalue weighted by atomic mass is 32.1. The Morgan fingerprint density at radius 2 is 1.76 bits per heavy atom. The quantitative estimate of drug-likeness (QED) is 0.234. The first-order valence-corrected chi connectivity index (χ1v) is 14.9. The van der Waals surface area contributed by atoms with Gasteiger partial charge < -0.3 is 30.2 Å². The van der Waals surface area contributed by atoms with Gasteiger partial charge in [0.05, 0.1) is 13.0 Å². The third-order valence-corrected chi connectivity index (χ3v) is 6.97. The smallest absolute Gasteiger partial charge is 0.408 e. The van der Waals surface area contributed by atoms with Crippen molar-refractivity contribution in [2.24, 2.45) is 0 Å². The van der Waals surface area contributed by atoms with Gasteiger partial charge in [-0.1, -0.05) is 31.9 Å². The van der Waals surface area contributed by atoms with Crippen molar-refractivity contribution in [2.75, 3.05) is 18.4 Å². The lowest BCUT2D eigenvalue weighted by Gasteiger charge is -2.32. The zero-order valence-corrected chi connectivity index (χ0v) is 27.1. The third-order valence-electron chi connectivity index (χ3n) is 6.97. The van der Waals surface area contributed by atoms with E-state index >= 15 is 0 Å². The molecular formula is C32H42F2N6O4S. The maximum absolute atomic E-state index is 14.2. The van der Waals surface area contributed by atoms with E-state index in [4.69, 9.17) is 9.72 Å². The number of halogens is 2. The van der Waals surface area contributed by atoms with Crippen molar-refractivity contribution in [3.05, 3.63) is 66.0 Å². The van der Waals surface area contributed by atoms with Crippen molar-refractivity contribution in [1.82, 2.24) is 25.1 Å². The van der Waals surface area contributed by atoms with Crippen LogP contribution < -0.4 is 16.0 Å². The van der Waals surface area contributed by atoms with Crippen molar-refractivity contribution in [3.8, 4) is 11.3 Å². The van der Waals surface area contributed by atoms with Gasteiger partial charge in [0, 0.05) is 30.9 Å². The summed E-state index contributed by atoms with van der Waals surface area (Å²) in [5.41, 5.74) is 0.806. The van der Waals surface area contributed by atoms with E-state index in [0.29, 0.717) is 41.7 Å². The highest BCUT2D eigenvalue weighted by Gasteiger charge is 2.33. The van der Waals surface area contributed by atoms with E-state index in [0.717, 1.165) is 19.3 Å². The molecule has 0 saturated carbocycles. The van der Waals surface area contributed by atoms with Crippen LogP contribution in [0.25, 0.3) is 11.3 Å². The van der Waals surface area contributed by atoms with E-state index in [2.05, 4.69) is 22.9 Å². The number of nitrogens with zero attached hydrogens (tertiary/aromatic N) is 3. The molecule has 3 aromatic rings. The number of anilines is 2. The minimum absolute atomic E-state index is 0. The number of imidazole rings is 1. The van der Waals surface area contributed by atoms with Crippen LogP contribution in [-0.4, -0.2) is 57.1 Å². The van der Waals surface area contributed by atoms with E-state index in [1.54, 1.807) is 45.0 Å². The lowest BCUT2D eigenvalue weighted by atomic mass is 10.1. The minimum Gasteiger partial charge on any atom is -0.444 e. The second-order valence-electron chi connectivity index (χ2n) is 11.7. The molecule has 0 spiro atoms. The molecule has 45 heavy (non-hydrogen) atoms. The van der Waals surface area contributed by atoms with E-state index in [9.17, 15) is 23.2 Å². The van der Waals surface area contributed by atoms with E-state index in [1.165, 1.54) is 29.2 Å². The van der Waals surface area contributed by atoms with Gasteiger partial charge in [-0.15, -0.1) is 0 Å². The molecule has 1 atom stereocenters. The molecule has 1 aliphatic rings. The Balaban J connectivity index is 0.00000552. The Morgan fingerprint density at radius 1 is 1.02 bits per heavy atom. The average Bonchev–Trinajstić information content (AvgIpc) is 3.32. The molecule has 0 unspecified atom stereocenters. The Hall–Kier alpha value is -4.13. The summed E-state index contributed by atoms with van der Waals surface area (Å²) in [6, 6.07) is 10.7. The van der Waals surface area contributed by atoms with Gasteiger partial charge in [0.2, 0.25) is 11.8 Å². The number of ether oxygens (including phenoxy) is 1. The Kier molecular flexibility index (Phi) is 12.4. The highest BCUT2D eigenvalue weighted by Crippen LogP contribution is 2.33. The maximum Gasteiger partial charge on any atom is 0.408 e. The number of nitrogens with one attached hydrogen (secondary N) is 3. The average molecular weight is 645 g/mol. The van der Waals surface area contributed by atoms with Crippen molar-refractivity contribution in [1.29, 1.82) is 0 Å². The van der Waals surface area contributed by atoms with Gasteiger partial charge in [-0.05, 0) is 63.6 Å². The number of rotatable bonds is 11. The molecule has 2 heterocycles. The topological polar surface area (TPSA) is 118 Å². The first-order chi connectivity index (χ1) is 20.9. The van der Waals surface area contributed by atoms with E-state index in [-0.39, 0.29) is 44.7 Å². The first-order valence-electron chi connectivity index (χ1n) is 14.9. The van der Waals surface area contributed by atoms with Crippen LogP contribution >= 0.6 is 13.5 Å². The third kappa shape index (κ3) is 9.93. The predicted octanol–water partition coefficient (Wildman–Crippen LogP) is 5.62. The van der Waals surface area contributed by atoms with Crippen LogP contribution in [0.15, 0.2) is 48.5 Å². The molecule has 0 saturated heterocycles. The van der Waals surface area contributed by atoms with Crippen LogP contribution in [0.4, 0.5) is 25.1 Å². The van der Waals surface area contributed by atoms with Gasteiger partial charge in [0.15, 0.2) is 0 Å². The first kappa shape index (κ1) is 35.4. The molecule has 1 aromatic heterocycles. The molecule has 0 aliphatic carbocycles. The number of unbranched alkanes of at least 4 members (excludes halogenated alkanes) is 2. The summed E-state index contributed by atoms with van der Waals surface area (Å²) in [4.78, 5) is 45.5. The van der Waals surface area contributed by atoms with Crippen LogP contribution in [0.3, 0.4) is 0 Å². The van der Waals surface area contributed by atoms with E-state index in [1.807, 2.05) is 4.57 Å². The van der Waals surface area contributed by atoms with Crippen LogP contribution in [0.2, 0.25) is 0 Å².